The summed E-state index contributed by atoms with van der Waals surface area (Å²) in [5.74, 6) is 0.613. The van der Waals surface area contributed by atoms with Gasteiger partial charge >= 0.3 is 5.97 Å². The minimum atomic E-state index is -0.755. The molecule has 0 unspecified atom stereocenters. The SMILES string of the molecule is CC(C)N(C)c1ccc(CSCCC(=O)O)c(N)c1.Cl.Cl. The molecular formula is C14H24Cl2N2O2S. The van der Waals surface area contributed by atoms with Crippen LogP contribution in [0.15, 0.2) is 18.2 Å². The maximum Gasteiger partial charge on any atom is 0.304 e. The first-order valence-corrected chi connectivity index (χ1v) is 7.48. The lowest BCUT2D eigenvalue weighted by atomic mass is 10.1. The van der Waals surface area contributed by atoms with Gasteiger partial charge in [0.25, 0.3) is 0 Å². The molecule has 7 heteroatoms. The Kier molecular flexibility index (Phi) is 11.7. The predicted octanol–water partition coefficient (Wildman–Crippen LogP) is 3.66. The van der Waals surface area contributed by atoms with E-state index in [0.29, 0.717) is 11.8 Å². The largest absolute Gasteiger partial charge is 0.481 e. The van der Waals surface area contributed by atoms with E-state index in [9.17, 15) is 4.79 Å². The van der Waals surface area contributed by atoms with Crippen molar-refractivity contribution < 1.29 is 9.90 Å². The molecule has 4 nitrogen and oxygen atoms in total. The summed E-state index contributed by atoms with van der Waals surface area (Å²) in [4.78, 5) is 12.6. The minimum absolute atomic E-state index is 0. The summed E-state index contributed by atoms with van der Waals surface area (Å²) in [7, 11) is 2.04. The fourth-order valence-corrected chi connectivity index (χ4v) is 2.52. The van der Waals surface area contributed by atoms with E-state index in [1.807, 2.05) is 19.2 Å². The molecule has 0 heterocycles. The van der Waals surface area contributed by atoms with Gasteiger partial charge < -0.3 is 15.7 Å². The lowest BCUT2D eigenvalue weighted by Gasteiger charge is -2.24. The third-order valence-corrected chi connectivity index (χ3v) is 4.04. The number of benzene rings is 1. The molecule has 0 atom stereocenters. The van der Waals surface area contributed by atoms with Crippen LogP contribution in [0.25, 0.3) is 0 Å². The maximum absolute atomic E-state index is 10.4. The summed E-state index contributed by atoms with van der Waals surface area (Å²) in [6.07, 6.45) is 0.193. The molecule has 0 aromatic heterocycles. The van der Waals surface area contributed by atoms with Gasteiger partial charge in [0.2, 0.25) is 0 Å². The molecule has 0 aliphatic rings. The average Bonchev–Trinajstić information content (AvgIpc) is 2.34. The van der Waals surface area contributed by atoms with Crippen molar-refractivity contribution in [1.82, 2.24) is 0 Å². The van der Waals surface area contributed by atoms with Crippen LogP contribution >= 0.6 is 36.6 Å². The molecule has 122 valence electrons. The Morgan fingerprint density at radius 2 is 2.00 bits per heavy atom. The van der Waals surface area contributed by atoms with E-state index in [-0.39, 0.29) is 31.2 Å². The number of hydrogen-bond donors (Lipinski definition) is 2. The van der Waals surface area contributed by atoms with E-state index in [1.54, 1.807) is 11.8 Å². The van der Waals surface area contributed by atoms with Crippen LogP contribution in [0.3, 0.4) is 0 Å². The number of carboxylic acid groups (broad SMARTS) is 1. The number of nitrogens with two attached hydrogens (primary N) is 1. The molecule has 0 aliphatic heterocycles. The fourth-order valence-electron chi connectivity index (χ4n) is 1.57. The highest BCUT2D eigenvalue weighted by molar-refractivity contribution is 7.98. The van der Waals surface area contributed by atoms with Crippen molar-refractivity contribution in [1.29, 1.82) is 0 Å². The van der Waals surface area contributed by atoms with Crippen molar-refractivity contribution in [2.24, 2.45) is 0 Å². The van der Waals surface area contributed by atoms with E-state index in [0.717, 1.165) is 22.7 Å². The third kappa shape index (κ3) is 7.69. The van der Waals surface area contributed by atoms with Crippen LogP contribution in [0.5, 0.6) is 0 Å². The van der Waals surface area contributed by atoms with E-state index < -0.39 is 5.97 Å². The van der Waals surface area contributed by atoms with Crippen molar-refractivity contribution in [2.45, 2.75) is 32.1 Å². The Morgan fingerprint density at radius 1 is 1.38 bits per heavy atom. The van der Waals surface area contributed by atoms with Crippen molar-refractivity contribution in [3.05, 3.63) is 23.8 Å². The van der Waals surface area contributed by atoms with Gasteiger partial charge in [-0.05, 0) is 31.5 Å². The number of carbonyl (C=O) groups is 1. The summed E-state index contributed by atoms with van der Waals surface area (Å²) in [6.45, 7) is 4.26. The van der Waals surface area contributed by atoms with Crippen LogP contribution in [0.4, 0.5) is 11.4 Å². The highest BCUT2D eigenvalue weighted by Crippen LogP contribution is 2.25. The highest BCUT2D eigenvalue weighted by atomic mass is 35.5. The number of thioether (sulfide) groups is 1. The second kappa shape index (κ2) is 10.9. The Labute approximate surface area is 143 Å². The number of aliphatic carboxylic acids is 1. The smallest absolute Gasteiger partial charge is 0.304 e. The fraction of sp³-hybridized carbons (Fsp3) is 0.500. The van der Waals surface area contributed by atoms with Gasteiger partial charge in [-0.2, -0.15) is 11.8 Å². The molecule has 0 amide bonds. The summed E-state index contributed by atoms with van der Waals surface area (Å²) < 4.78 is 0. The van der Waals surface area contributed by atoms with E-state index in [2.05, 4.69) is 24.8 Å². The standard InChI is InChI=1S/C14H22N2O2S.2ClH/c1-10(2)16(3)12-5-4-11(13(15)8-12)9-19-7-6-14(17)18;;/h4-5,8,10H,6-7,9,15H2,1-3H3,(H,17,18);2*1H. The summed E-state index contributed by atoms with van der Waals surface area (Å²) >= 11 is 1.59. The average molecular weight is 355 g/mol. The highest BCUT2D eigenvalue weighted by Gasteiger charge is 2.07. The van der Waals surface area contributed by atoms with Gasteiger partial charge in [-0.1, -0.05) is 6.07 Å². The molecule has 21 heavy (non-hydrogen) atoms. The van der Waals surface area contributed by atoms with Crippen LogP contribution in [0, 0.1) is 0 Å². The zero-order valence-corrected chi connectivity index (χ0v) is 15.0. The molecule has 1 aromatic carbocycles. The van der Waals surface area contributed by atoms with Crippen molar-refractivity contribution in [2.75, 3.05) is 23.4 Å². The zero-order chi connectivity index (χ0) is 14.4. The zero-order valence-electron chi connectivity index (χ0n) is 12.5. The number of carboxylic acids is 1. The van der Waals surface area contributed by atoms with Gasteiger partial charge in [-0.15, -0.1) is 24.8 Å². The first-order chi connectivity index (χ1) is 8.91. The Hall–Kier alpha value is -0.780. The van der Waals surface area contributed by atoms with E-state index in [1.165, 1.54) is 0 Å². The molecule has 1 rings (SSSR count). The molecule has 0 aliphatic carbocycles. The molecule has 0 saturated heterocycles. The molecule has 0 bridgehead atoms. The van der Waals surface area contributed by atoms with Crippen LogP contribution < -0.4 is 10.6 Å². The van der Waals surface area contributed by atoms with Gasteiger partial charge in [0, 0.05) is 36.0 Å². The van der Waals surface area contributed by atoms with Gasteiger partial charge in [0.1, 0.15) is 0 Å². The van der Waals surface area contributed by atoms with Crippen molar-refractivity contribution >= 4 is 53.9 Å². The van der Waals surface area contributed by atoms with Crippen LogP contribution in [-0.2, 0) is 10.5 Å². The molecule has 0 saturated carbocycles. The van der Waals surface area contributed by atoms with Crippen LogP contribution in [-0.4, -0.2) is 29.9 Å². The lowest BCUT2D eigenvalue weighted by molar-refractivity contribution is -0.136. The summed E-state index contributed by atoms with van der Waals surface area (Å²) in [6, 6.07) is 6.49. The predicted molar refractivity (Wildman–Crippen MR) is 97.3 cm³/mol. The van der Waals surface area contributed by atoms with Crippen molar-refractivity contribution in [3.63, 3.8) is 0 Å². The molecule has 3 N–H and O–H groups in total. The number of anilines is 2. The lowest BCUT2D eigenvalue weighted by Crippen LogP contribution is -2.25. The molecule has 1 aromatic rings. The number of halogens is 2. The second-order valence-electron chi connectivity index (χ2n) is 4.78. The quantitative estimate of drug-likeness (QED) is 0.577. The normalized spacial score (nSPS) is 9.71. The van der Waals surface area contributed by atoms with Gasteiger partial charge in [-0.25, -0.2) is 0 Å². The first kappa shape index (κ1) is 22.5. The van der Waals surface area contributed by atoms with Crippen LogP contribution in [0.2, 0.25) is 0 Å². The number of nitrogen functional groups attached to an aromatic ring is 1. The molecule has 0 fully saturated rings. The van der Waals surface area contributed by atoms with E-state index >= 15 is 0 Å². The van der Waals surface area contributed by atoms with Crippen LogP contribution in [0.1, 0.15) is 25.8 Å². The Balaban J connectivity index is 0. The topological polar surface area (TPSA) is 66.6 Å². The van der Waals surface area contributed by atoms with Crippen molar-refractivity contribution in [3.8, 4) is 0 Å². The second-order valence-corrected chi connectivity index (χ2v) is 5.89. The monoisotopic (exact) mass is 354 g/mol. The Morgan fingerprint density at radius 3 is 2.48 bits per heavy atom. The van der Waals surface area contributed by atoms with E-state index in [4.69, 9.17) is 10.8 Å². The number of hydrogen-bond acceptors (Lipinski definition) is 4. The number of nitrogens with zero attached hydrogens (tertiary/aromatic N) is 1. The minimum Gasteiger partial charge on any atom is -0.481 e. The first-order valence-electron chi connectivity index (χ1n) is 6.32. The van der Waals surface area contributed by atoms with Gasteiger partial charge in [-0.3, -0.25) is 4.79 Å². The maximum atomic E-state index is 10.4. The molecule has 0 radical (unpaired) electrons. The third-order valence-electron chi connectivity index (χ3n) is 3.03. The Bertz CT molecular complexity index is 445. The van der Waals surface area contributed by atoms with Gasteiger partial charge in [0.15, 0.2) is 0 Å². The summed E-state index contributed by atoms with van der Waals surface area (Å²) in [5, 5.41) is 8.57. The molecular weight excluding hydrogens is 331 g/mol. The summed E-state index contributed by atoms with van der Waals surface area (Å²) in [5.41, 5.74) is 8.99. The molecule has 0 spiro atoms. The number of rotatable bonds is 7. The van der Waals surface area contributed by atoms with Gasteiger partial charge in [0.05, 0.1) is 6.42 Å².